The van der Waals surface area contributed by atoms with Gasteiger partial charge in [-0.05, 0) is 99.4 Å². The number of halogens is 1. The fraction of sp³-hybridized carbons (Fsp3) is 0.487. The van der Waals surface area contributed by atoms with Crippen LogP contribution in [0.3, 0.4) is 0 Å². The topological polar surface area (TPSA) is 94.1 Å². The number of rotatable bonds is 7. The Hall–Kier alpha value is -3.95. The van der Waals surface area contributed by atoms with Gasteiger partial charge in [0.1, 0.15) is 17.6 Å². The van der Waals surface area contributed by atoms with Crippen molar-refractivity contribution in [2.45, 2.75) is 97.1 Å². The third-order valence-corrected chi connectivity index (χ3v) is 9.31. The van der Waals surface area contributed by atoms with E-state index in [0.717, 1.165) is 28.9 Å². The third-order valence-electron chi connectivity index (χ3n) is 9.31. The SMILES string of the molecule is Cc1cccc(F)c1C(O)N1CCCC(C(=O)Nc2cccc(C(C)(C)C)c2)C1c1ccc(NC2CCN(C(=O)OC(C)(C)C)C2)cc1. The number of likely N-dealkylation sites (tertiary alicyclic amines) is 2. The molecular weight excluding hydrogens is 607 g/mol. The molecule has 3 aromatic carbocycles. The van der Waals surface area contributed by atoms with Gasteiger partial charge in [-0.25, -0.2) is 9.18 Å². The molecule has 8 nitrogen and oxygen atoms in total. The van der Waals surface area contributed by atoms with Gasteiger partial charge in [0, 0.05) is 48.7 Å². The minimum absolute atomic E-state index is 0.0720. The fourth-order valence-electron chi connectivity index (χ4n) is 6.81. The molecule has 0 radical (unpaired) electrons. The standard InChI is InChI=1S/C39H51FN4O4/c1-25-11-8-15-32(40)33(25)36(46)44-21-10-14-31(35(45)42-29-13-9-12-27(23-29)38(2,3)4)34(44)26-16-18-28(19-17-26)41-30-20-22-43(24-30)37(47)48-39(5,6)7/h8-9,11-13,15-19,23,30-31,34,36,41,46H,10,14,20-22,24H2,1-7H3,(H,42,45). The summed E-state index contributed by atoms with van der Waals surface area (Å²) in [5.74, 6) is -1.10. The zero-order valence-electron chi connectivity index (χ0n) is 29.3. The van der Waals surface area contributed by atoms with E-state index in [2.05, 4.69) is 37.5 Å². The molecule has 2 fully saturated rings. The number of ether oxygens (including phenoxy) is 1. The third kappa shape index (κ3) is 8.36. The summed E-state index contributed by atoms with van der Waals surface area (Å²) >= 11 is 0. The van der Waals surface area contributed by atoms with Crippen molar-refractivity contribution in [3.05, 3.63) is 94.8 Å². The summed E-state index contributed by atoms with van der Waals surface area (Å²) in [6, 6.07) is 20.2. The number of carbonyl (C=O) groups excluding carboxylic acids is 2. The number of benzene rings is 3. The lowest BCUT2D eigenvalue weighted by atomic mass is 9.82. The largest absolute Gasteiger partial charge is 0.444 e. The number of amides is 2. The van der Waals surface area contributed by atoms with Gasteiger partial charge in [-0.15, -0.1) is 0 Å². The molecule has 0 bridgehead atoms. The fourth-order valence-corrected chi connectivity index (χ4v) is 6.81. The molecule has 48 heavy (non-hydrogen) atoms. The minimum Gasteiger partial charge on any atom is -0.444 e. The first kappa shape index (κ1) is 35.4. The molecule has 3 N–H and O–H groups in total. The molecule has 9 heteroatoms. The lowest BCUT2D eigenvalue weighted by Crippen LogP contribution is -2.45. The molecule has 2 amide bonds. The van der Waals surface area contributed by atoms with E-state index in [9.17, 15) is 14.7 Å². The van der Waals surface area contributed by atoms with E-state index in [0.29, 0.717) is 38.0 Å². The molecule has 4 unspecified atom stereocenters. The number of nitrogens with zero attached hydrogens (tertiary/aromatic N) is 2. The van der Waals surface area contributed by atoms with Crippen LogP contribution in [0.25, 0.3) is 0 Å². The number of piperidine rings is 1. The van der Waals surface area contributed by atoms with Crippen molar-refractivity contribution in [1.29, 1.82) is 0 Å². The van der Waals surface area contributed by atoms with Crippen molar-refractivity contribution in [1.82, 2.24) is 9.80 Å². The van der Waals surface area contributed by atoms with Crippen LogP contribution in [-0.4, -0.2) is 58.2 Å². The van der Waals surface area contributed by atoms with Gasteiger partial charge in [0.25, 0.3) is 0 Å². The van der Waals surface area contributed by atoms with E-state index in [-0.39, 0.29) is 29.0 Å². The van der Waals surface area contributed by atoms with Crippen molar-refractivity contribution in [3.63, 3.8) is 0 Å². The molecule has 0 aromatic heterocycles. The maximum absolute atomic E-state index is 15.2. The molecule has 2 heterocycles. The maximum atomic E-state index is 15.2. The number of carbonyl (C=O) groups is 2. The second kappa shape index (κ2) is 14.3. The zero-order chi connectivity index (χ0) is 34.8. The molecule has 2 aliphatic heterocycles. The van der Waals surface area contributed by atoms with Gasteiger partial charge in [-0.1, -0.05) is 57.2 Å². The van der Waals surface area contributed by atoms with Crippen molar-refractivity contribution in [2.24, 2.45) is 5.92 Å². The molecule has 0 spiro atoms. The lowest BCUT2D eigenvalue weighted by molar-refractivity contribution is -0.128. The predicted octanol–water partition coefficient (Wildman–Crippen LogP) is 7.94. The van der Waals surface area contributed by atoms with Crippen molar-refractivity contribution in [3.8, 4) is 0 Å². The normalized spacial score (nSPS) is 21.1. The maximum Gasteiger partial charge on any atom is 0.410 e. The van der Waals surface area contributed by atoms with Crippen LogP contribution in [0.15, 0.2) is 66.7 Å². The van der Waals surface area contributed by atoms with Gasteiger partial charge in [0.2, 0.25) is 5.91 Å². The quantitative estimate of drug-likeness (QED) is 0.239. The second-order valence-corrected chi connectivity index (χ2v) is 15.3. The molecule has 3 aromatic rings. The summed E-state index contributed by atoms with van der Waals surface area (Å²) < 4.78 is 20.7. The first-order valence-corrected chi connectivity index (χ1v) is 17.1. The second-order valence-electron chi connectivity index (χ2n) is 15.3. The van der Waals surface area contributed by atoms with E-state index in [1.165, 1.54) is 6.07 Å². The predicted molar refractivity (Wildman–Crippen MR) is 188 cm³/mol. The summed E-state index contributed by atoms with van der Waals surface area (Å²) in [4.78, 5) is 30.2. The molecule has 4 atom stereocenters. The summed E-state index contributed by atoms with van der Waals surface area (Å²) in [6.45, 7) is 15.4. The smallest absolute Gasteiger partial charge is 0.410 e. The van der Waals surface area contributed by atoms with Gasteiger partial charge >= 0.3 is 6.09 Å². The first-order valence-electron chi connectivity index (χ1n) is 17.1. The van der Waals surface area contributed by atoms with E-state index < -0.39 is 29.6 Å². The molecule has 0 saturated carbocycles. The van der Waals surface area contributed by atoms with Crippen LogP contribution in [-0.2, 0) is 14.9 Å². The van der Waals surface area contributed by atoms with Crippen molar-refractivity contribution in [2.75, 3.05) is 30.3 Å². The van der Waals surface area contributed by atoms with E-state index in [1.54, 1.807) is 24.0 Å². The Morgan fingerprint density at radius 1 is 0.938 bits per heavy atom. The number of hydrogen-bond acceptors (Lipinski definition) is 6. The van der Waals surface area contributed by atoms with Gasteiger partial charge in [0.05, 0.1) is 5.92 Å². The van der Waals surface area contributed by atoms with E-state index in [1.807, 2.05) is 68.1 Å². The first-order chi connectivity index (χ1) is 22.6. The van der Waals surface area contributed by atoms with Crippen LogP contribution >= 0.6 is 0 Å². The van der Waals surface area contributed by atoms with Crippen LogP contribution < -0.4 is 10.6 Å². The van der Waals surface area contributed by atoms with Crippen molar-refractivity contribution < 1.29 is 23.8 Å². The van der Waals surface area contributed by atoms with Gasteiger partial charge in [0.15, 0.2) is 0 Å². The van der Waals surface area contributed by atoms with Crippen LogP contribution in [0.5, 0.6) is 0 Å². The summed E-state index contributed by atoms with van der Waals surface area (Å²) in [6.07, 6.45) is 0.557. The van der Waals surface area contributed by atoms with Gasteiger partial charge < -0.3 is 25.4 Å². The summed E-state index contributed by atoms with van der Waals surface area (Å²) in [5.41, 5.74) is 3.86. The lowest BCUT2D eigenvalue weighted by Gasteiger charge is -2.43. The Balaban J connectivity index is 1.39. The average molecular weight is 659 g/mol. The Kier molecular flexibility index (Phi) is 10.5. The van der Waals surface area contributed by atoms with Crippen molar-refractivity contribution >= 4 is 23.4 Å². The number of nitrogens with one attached hydrogen (secondary N) is 2. The summed E-state index contributed by atoms with van der Waals surface area (Å²) in [7, 11) is 0. The molecule has 0 aliphatic carbocycles. The Morgan fingerprint density at radius 2 is 1.65 bits per heavy atom. The Labute approximate surface area is 284 Å². The highest BCUT2D eigenvalue weighted by molar-refractivity contribution is 5.93. The van der Waals surface area contributed by atoms with Gasteiger partial charge in [-0.2, -0.15) is 0 Å². The number of aryl methyl sites for hydroxylation is 1. The van der Waals surface area contributed by atoms with E-state index in [4.69, 9.17) is 4.74 Å². The highest BCUT2D eigenvalue weighted by Crippen LogP contribution is 2.42. The van der Waals surface area contributed by atoms with Crippen LogP contribution in [0, 0.1) is 18.7 Å². The number of hydrogen-bond donors (Lipinski definition) is 3. The Bertz CT molecular complexity index is 1580. The highest BCUT2D eigenvalue weighted by Gasteiger charge is 2.41. The van der Waals surface area contributed by atoms with E-state index >= 15 is 4.39 Å². The molecule has 258 valence electrons. The number of aliphatic hydroxyl groups is 1. The highest BCUT2D eigenvalue weighted by atomic mass is 19.1. The average Bonchev–Trinajstić information content (AvgIpc) is 3.48. The molecule has 2 saturated heterocycles. The van der Waals surface area contributed by atoms with Crippen LogP contribution in [0.1, 0.15) is 95.3 Å². The number of anilines is 2. The zero-order valence-corrected chi connectivity index (χ0v) is 29.3. The monoisotopic (exact) mass is 658 g/mol. The summed E-state index contributed by atoms with van der Waals surface area (Å²) in [5, 5.41) is 18.4. The molecule has 2 aliphatic rings. The molecular formula is C39H51FN4O4. The Morgan fingerprint density at radius 3 is 2.31 bits per heavy atom. The van der Waals surface area contributed by atoms with Crippen LogP contribution in [0.2, 0.25) is 0 Å². The number of aliphatic hydroxyl groups excluding tert-OH is 1. The minimum atomic E-state index is -1.23. The van der Waals surface area contributed by atoms with Gasteiger partial charge in [-0.3, -0.25) is 9.69 Å². The van der Waals surface area contributed by atoms with Crippen LogP contribution in [0.4, 0.5) is 20.6 Å². The molecule has 5 rings (SSSR count).